The molecule has 0 unspecified atom stereocenters. The maximum atomic E-state index is 12.0. The van der Waals surface area contributed by atoms with Gasteiger partial charge in [-0.3, -0.25) is 4.79 Å². The molecule has 0 aliphatic heterocycles. The predicted octanol–water partition coefficient (Wildman–Crippen LogP) is 3.56. The normalized spacial score (nSPS) is 10.5. The molecule has 0 aliphatic carbocycles. The summed E-state index contributed by atoms with van der Waals surface area (Å²) in [5, 5.41) is 18.9. The molecule has 0 radical (unpaired) electrons. The molecule has 0 bridgehead atoms. The van der Waals surface area contributed by atoms with Crippen LogP contribution >= 0.6 is 0 Å². The van der Waals surface area contributed by atoms with Crippen LogP contribution in [0.4, 0.5) is 0 Å². The van der Waals surface area contributed by atoms with Crippen LogP contribution in [-0.2, 0) is 0 Å². The fraction of sp³-hybridized carbons (Fsp3) is 0.0556. The minimum absolute atomic E-state index is 0.0925. The summed E-state index contributed by atoms with van der Waals surface area (Å²) in [6, 6.07) is 11.1. The van der Waals surface area contributed by atoms with Crippen molar-refractivity contribution in [3.05, 3.63) is 72.3 Å². The van der Waals surface area contributed by atoms with E-state index in [1.807, 2.05) is 18.2 Å². The van der Waals surface area contributed by atoms with Crippen LogP contribution in [0.3, 0.4) is 0 Å². The highest BCUT2D eigenvalue weighted by atomic mass is 16.5. The standard InChI is InChI=1S/C18H16O4/c1-2-10-22-15-5-3-4-13(11-15)6-9-17(20)16-8-7-14(19)12-18(16)21/h2-9,11-12,19,21H,1,10H2/b9-6+. The van der Waals surface area contributed by atoms with Crippen molar-refractivity contribution >= 4 is 11.9 Å². The Morgan fingerprint density at radius 2 is 2.00 bits per heavy atom. The molecule has 0 atom stereocenters. The first-order valence-corrected chi connectivity index (χ1v) is 6.68. The molecule has 112 valence electrons. The maximum Gasteiger partial charge on any atom is 0.189 e. The Morgan fingerprint density at radius 3 is 2.73 bits per heavy atom. The summed E-state index contributed by atoms with van der Waals surface area (Å²) in [7, 11) is 0. The monoisotopic (exact) mass is 296 g/mol. The van der Waals surface area contributed by atoms with Gasteiger partial charge in [-0.25, -0.2) is 0 Å². The number of benzene rings is 2. The average molecular weight is 296 g/mol. The van der Waals surface area contributed by atoms with Gasteiger partial charge in [0.1, 0.15) is 23.9 Å². The number of carbonyl (C=O) groups is 1. The summed E-state index contributed by atoms with van der Waals surface area (Å²) < 4.78 is 5.41. The van der Waals surface area contributed by atoms with Crippen LogP contribution in [0.2, 0.25) is 0 Å². The molecule has 22 heavy (non-hydrogen) atoms. The number of hydrogen-bond donors (Lipinski definition) is 2. The highest BCUT2D eigenvalue weighted by Gasteiger charge is 2.08. The average Bonchev–Trinajstić information content (AvgIpc) is 2.51. The Balaban J connectivity index is 2.13. The lowest BCUT2D eigenvalue weighted by Gasteiger charge is -2.04. The zero-order chi connectivity index (χ0) is 15.9. The summed E-state index contributed by atoms with van der Waals surface area (Å²) in [6.45, 7) is 3.99. The second kappa shape index (κ2) is 7.13. The van der Waals surface area contributed by atoms with E-state index in [1.54, 1.807) is 18.2 Å². The molecule has 4 heteroatoms. The second-order valence-electron chi connectivity index (χ2n) is 4.57. The van der Waals surface area contributed by atoms with Crippen LogP contribution in [-0.4, -0.2) is 22.6 Å². The third-order valence-electron chi connectivity index (χ3n) is 2.90. The van der Waals surface area contributed by atoms with Crippen LogP contribution in [0.25, 0.3) is 6.08 Å². The lowest BCUT2D eigenvalue weighted by atomic mass is 10.1. The van der Waals surface area contributed by atoms with Crippen LogP contribution in [0, 0.1) is 0 Å². The van der Waals surface area contributed by atoms with Crippen LogP contribution in [0.5, 0.6) is 17.2 Å². The van der Waals surface area contributed by atoms with Gasteiger partial charge < -0.3 is 14.9 Å². The molecule has 0 amide bonds. The van der Waals surface area contributed by atoms with Gasteiger partial charge >= 0.3 is 0 Å². The number of ketones is 1. The fourth-order valence-electron chi connectivity index (χ4n) is 1.85. The summed E-state index contributed by atoms with van der Waals surface area (Å²) in [5.41, 5.74) is 0.932. The molecule has 0 aliphatic rings. The molecule has 2 N–H and O–H groups in total. The van der Waals surface area contributed by atoms with Crippen molar-refractivity contribution < 1.29 is 19.7 Å². The van der Waals surface area contributed by atoms with Gasteiger partial charge in [0.25, 0.3) is 0 Å². The SMILES string of the molecule is C=CCOc1cccc(/C=C/C(=O)c2ccc(O)cc2O)c1. The minimum atomic E-state index is -0.352. The Hall–Kier alpha value is -3.01. The largest absolute Gasteiger partial charge is 0.508 e. The van der Waals surface area contributed by atoms with Gasteiger partial charge in [0.05, 0.1) is 5.56 Å². The van der Waals surface area contributed by atoms with E-state index in [1.165, 1.54) is 18.2 Å². The van der Waals surface area contributed by atoms with Crippen molar-refractivity contribution in [2.45, 2.75) is 0 Å². The molecule has 2 aromatic rings. The van der Waals surface area contributed by atoms with Crippen LogP contribution in [0.15, 0.2) is 61.2 Å². The Morgan fingerprint density at radius 1 is 1.18 bits per heavy atom. The molecule has 2 aromatic carbocycles. The van der Waals surface area contributed by atoms with E-state index in [2.05, 4.69) is 6.58 Å². The molecular weight excluding hydrogens is 280 g/mol. The first-order chi connectivity index (χ1) is 10.6. The minimum Gasteiger partial charge on any atom is -0.508 e. The first-order valence-electron chi connectivity index (χ1n) is 6.68. The number of allylic oxidation sites excluding steroid dienone is 1. The number of ether oxygens (including phenoxy) is 1. The second-order valence-corrected chi connectivity index (χ2v) is 4.57. The van der Waals surface area contributed by atoms with E-state index in [4.69, 9.17) is 4.74 Å². The molecule has 0 aromatic heterocycles. The molecule has 0 fully saturated rings. The van der Waals surface area contributed by atoms with Gasteiger partial charge in [-0.05, 0) is 35.9 Å². The highest BCUT2D eigenvalue weighted by molar-refractivity contribution is 6.08. The third kappa shape index (κ3) is 3.99. The lowest BCUT2D eigenvalue weighted by Crippen LogP contribution is -1.95. The van der Waals surface area contributed by atoms with E-state index in [9.17, 15) is 15.0 Å². The molecule has 4 nitrogen and oxygen atoms in total. The quantitative estimate of drug-likeness (QED) is 0.486. The lowest BCUT2D eigenvalue weighted by molar-refractivity contribution is 0.104. The van der Waals surface area contributed by atoms with Crippen LogP contribution < -0.4 is 4.74 Å². The van der Waals surface area contributed by atoms with Gasteiger partial charge in [0.15, 0.2) is 5.78 Å². The molecule has 0 spiro atoms. The number of carbonyl (C=O) groups excluding carboxylic acids is 1. The number of phenols is 2. The zero-order valence-electron chi connectivity index (χ0n) is 11.9. The molecule has 0 saturated carbocycles. The number of hydrogen-bond acceptors (Lipinski definition) is 4. The Labute approximate surface area is 128 Å². The van der Waals surface area contributed by atoms with E-state index in [0.29, 0.717) is 12.4 Å². The fourth-order valence-corrected chi connectivity index (χ4v) is 1.85. The van der Waals surface area contributed by atoms with E-state index in [0.717, 1.165) is 11.6 Å². The number of rotatable bonds is 6. The van der Waals surface area contributed by atoms with Gasteiger partial charge in [0, 0.05) is 6.07 Å². The van der Waals surface area contributed by atoms with Crippen molar-refractivity contribution in [1.82, 2.24) is 0 Å². The van der Waals surface area contributed by atoms with Crippen molar-refractivity contribution in [3.63, 3.8) is 0 Å². The smallest absolute Gasteiger partial charge is 0.189 e. The molecule has 0 saturated heterocycles. The van der Waals surface area contributed by atoms with Crippen molar-refractivity contribution in [2.24, 2.45) is 0 Å². The van der Waals surface area contributed by atoms with Crippen molar-refractivity contribution in [2.75, 3.05) is 6.61 Å². The number of phenolic OH excluding ortho intramolecular Hbond substituents is 2. The van der Waals surface area contributed by atoms with E-state index in [-0.39, 0.29) is 22.8 Å². The molecule has 2 rings (SSSR count). The molecular formula is C18H16O4. The van der Waals surface area contributed by atoms with Gasteiger partial charge in [-0.2, -0.15) is 0 Å². The van der Waals surface area contributed by atoms with Crippen molar-refractivity contribution in [1.29, 1.82) is 0 Å². The third-order valence-corrected chi connectivity index (χ3v) is 2.90. The topological polar surface area (TPSA) is 66.8 Å². The maximum absolute atomic E-state index is 12.0. The molecule has 0 heterocycles. The van der Waals surface area contributed by atoms with Gasteiger partial charge in [0.2, 0.25) is 0 Å². The highest BCUT2D eigenvalue weighted by Crippen LogP contribution is 2.23. The summed E-state index contributed by atoms with van der Waals surface area (Å²) in [4.78, 5) is 12.0. The van der Waals surface area contributed by atoms with E-state index >= 15 is 0 Å². The summed E-state index contributed by atoms with van der Waals surface area (Å²) in [6.07, 6.45) is 4.65. The van der Waals surface area contributed by atoms with Crippen LogP contribution in [0.1, 0.15) is 15.9 Å². The van der Waals surface area contributed by atoms with Gasteiger partial charge in [-0.15, -0.1) is 0 Å². The zero-order valence-corrected chi connectivity index (χ0v) is 11.9. The Kier molecular flexibility index (Phi) is 4.98. The Bertz CT molecular complexity index is 717. The van der Waals surface area contributed by atoms with Crippen molar-refractivity contribution in [3.8, 4) is 17.2 Å². The summed E-state index contributed by atoms with van der Waals surface area (Å²) >= 11 is 0. The number of aromatic hydroxyl groups is 2. The van der Waals surface area contributed by atoms with Gasteiger partial charge in [-0.1, -0.05) is 30.9 Å². The van der Waals surface area contributed by atoms with E-state index < -0.39 is 0 Å². The summed E-state index contributed by atoms with van der Waals surface area (Å²) in [5.74, 6) is -0.0142. The first kappa shape index (κ1) is 15.4. The predicted molar refractivity (Wildman–Crippen MR) is 85.3 cm³/mol.